The van der Waals surface area contributed by atoms with Crippen LogP contribution in [0, 0.1) is 0 Å². The molecule has 0 aliphatic rings. The van der Waals surface area contributed by atoms with Gasteiger partial charge in [-0.25, -0.2) is 0 Å². The molecule has 1 heterocycles. The number of phenols is 1. The lowest BCUT2D eigenvalue weighted by molar-refractivity contribution is -0.114. The molecule has 0 unspecified atom stereocenters. The Bertz CT molecular complexity index is 926. The van der Waals surface area contributed by atoms with Crippen molar-refractivity contribution in [1.29, 1.82) is 0 Å². The van der Waals surface area contributed by atoms with Crippen LogP contribution in [0.1, 0.15) is 11.3 Å². The van der Waals surface area contributed by atoms with Crippen molar-refractivity contribution in [2.75, 3.05) is 4.90 Å². The lowest BCUT2D eigenvalue weighted by Crippen LogP contribution is -2.29. The van der Waals surface area contributed by atoms with Crippen molar-refractivity contribution in [2.45, 2.75) is 6.54 Å². The van der Waals surface area contributed by atoms with E-state index in [0.717, 1.165) is 11.3 Å². The van der Waals surface area contributed by atoms with E-state index in [1.807, 2.05) is 30.3 Å². The molecule has 5 heteroatoms. The van der Waals surface area contributed by atoms with Crippen molar-refractivity contribution < 1.29 is 9.90 Å². The molecule has 0 radical (unpaired) electrons. The molecule has 1 amide bonds. The molecule has 0 aliphatic heterocycles. The van der Waals surface area contributed by atoms with Crippen LogP contribution in [0.15, 0.2) is 79.0 Å². The molecule has 1 N–H and O–H groups in total. The molecule has 4 nitrogen and oxygen atoms in total. The van der Waals surface area contributed by atoms with Crippen LogP contribution < -0.4 is 4.90 Å². The molecule has 1 aromatic heterocycles. The zero-order valence-corrected chi connectivity index (χ0v) is 14.7. The number of nitrogens with zero attached hydrogens (tertiary/aromatic N) is 2. The quantitative estimate of drug-likeness (QED) is 0.668. The highest BCUT2D eigenvalue weighted by atomic mass is 35.5. The number of para-hydroxylation sites is 2. The van der Waals surface area contributed by atoms with E-state index in [1.165, 1.54) is 11.0 Å². The Morgan fingerprint density at radius 2 is 1.88 bits per heavy atom. The zero-order valence-electron chi connectivity index (χ0n) is 13.9. The van der Waals surface area contributed by atoms with Gasteiger partial charge in [0.15, 0.2) is 0 Å². The van der Waals surface area contributed by atoms with Gasteiger partial charge in [0.25, 0.3) is 5.91 Å². The summed E-state index contributed by atoms with van der Waals surface area (Å²) in [6.07, 6.45) is 4.82. The number of hydrogen-bond acceptors (Lipinski definition) is 3. The topological polar surface area (TPSA) is 53.4 Å². The number of aromatic hydroxyl groups is 1. The highest BCUT2D eigenvalue weighted by molar-refractivity contribution is 6.30. The van der Waals surface area contributed by atoms with Crippen LogP contribution in [-0.4, -0.2) is 16.0 Å². The summed E-state index contributed by atoms with van der Waals surface area (Å²) in [6, 6.07) is 19.5. The van der Waals surface area contributed by atoms with Crippen molar-refractivity contribution in [1.82, 2.24) is 4.98 Å². The number of pyridine rings is 1. The first-order valence-corrected chi connectivity index (χ1v) is 8.44. The fraction of sp³-hybridized carbons (Fsp3) is 0.0476. The summed E-state index contributed by atoms with van der Waals surface area (Å²) >= 11 is 5.98. The maximum atomic E-state index is 12.8. The second-order valence-electron chi connectivity index (χ2n) is 5.62. The molecule has 0 bridgehead atoms. The number of rotatable bonds is 5. The van der Waals surface area contributed by atoms with Crippen molar-refractivity contribution >= 4 is 29.3 Å². The third-order valence-electron chi connectivity index (χ3n) is 3.75. The number of phenolic OH excluding ortho intramolecular Hbond substituents is 1. The molecule has 0 fully saturated rings. The van der Waals surface area contributed by atoms with Gasteiger partial charge in [0, 0.05) is 17.3 Å². The van der Waals surface area contributed by atoms with Gasteiger partial charge in [-0.05, 0) is 48.0 Å². The number of halogens is 1. The Morgan fingerprint density at radius 1 is 1.08 bits per heavy atom. The van der Waals surface area contributed by atoms with E-state index in [1.54, 1.807) is 48.7 Å². The third kappa shape index (κ3) is 4.49. The number of benzene rings is 2. The smallest absolute Gasteiger partial charge is 0.251 e. The predicted molar refractivity (Wildman–Crippen MR) is 104 cm³/mol. The monoisotopic (exact) mass is 364 g/mol. The molecule has 3 aromatic rings. The summed E-state index contributed by atoms with van der Waals surface area (Å²) in [6.45, 7) is 0.247. The number of anilines is 1. The summed E-state index contributed by atoms with van der Waals surface area (Å²) in [7, 11) is 0. The summed E-state index contributed by atoms with van der Waals surface area (Å²) in [5, 5.41) is 10.8. The Hall–Kier alpha value is -3.11. The largest absolute Gasteiger partial charge is 0.506 e. The van der Waals surface area contributed by atoms with E-state index in [4.69, 9.17) is 11.6 Å². The normalized spacial score (nSPS) is 10.8. The summed E-state index contributed by atoms with van der Waals surface area (Å²) in [5.74, 6) is -0.231. The fourth-order valence-corrected chi connectivity index (χ4v) is 2.69. The molecule has 0 aliphatic carbocycles. The van der Waals surface area contributed by atoms with Crippen LogP contribution in [0.25, 0.3) is 6.08 Å². The predicted octanol–water partition coefficient (Wildman–Crippen LogP) is 4.69. The molecule has 0 atom stereocenters. The SMILES string of the molecule is O=C(/C=C/c1cccc(Cl)c1)N(Cc1ccccn1)c1ccccc1O. The van der Waals surface area contributed by atoms with Gasteiger partial charge in [-0.1, -0.05) is 41.9 Å². The zero-order chi connectivity index (χ0) is 18.4. The fourth-order valence-electron chi connectivity index (χ4n) is 2.50. The minimum Gasteiger partial charge on any atom is -0.506 e. The minimum atomic E-state index is -0.267. The second-order valence-corrected chi connectivity index (χ2v) is 6.06. The number of carbonyl (C=O) groups is 1. The van der Waals surface area contributed by atoms with Crippen molar-refractivity contribution in [3.05, 3.63) is 95.3 Å². The van der Waals surface area contributed by atoms with E-state index >= 15 is 0 Å². The molecule has 0 saturated heterocycles. The Morgan fingerprint density at radius 3 is 2.62 bits per heavy atom. The Labute approximate surface area is 157 Å². The third-order valence-corrected chi connectivity index (χ3v) is 3.99. The lowest BCUT2D eigenvalue weighted by Gasteiger charge is -2.22. The average Bonchev–Trinajstić information content (AvgIpc) is 2.66. The van der Waals surface area contributed by atoms with E-state index in [0.29, 0.717) is 10.7 Å². The van der Waals surface area contributed by atoms with Gasteiger partial charge in [-0.15, -0.1) is 0 Å². The average molecular weight is 365 g/mol. The van der Waals surface area contributed by atoms with Crippen LogP contribution >= 0.6 is 11.6 Å². The van der Waals surface area contributed by atoms with Gasteiger partial charge < -0.3 is 5.11 Å². The second kappa shape index (κ2) is 8.32. The molecule has 3 rings (SSSR count). The van der Waals surface area contributed by atoms with Crippen LogP contribution in [0.3, 0.4) is 0 Å². The van der Waals surface area contributed by atoms with Gasteiger partial charge in [-0.3, -0.25) is 14.7 Å². The number of aromatic nitrogens is 1. The summed E-state index contributed by atoms with van der Waals surface area (Å²) < 4.78 is 0. The minimum absolute atomic E-state index is 0.0351. The first-order valence-electron chi connectivity index (χ1n) is 8.06. The first-order chi connectivity index (χ1) is 12.6. The van der Waals surface area contributed by atoms with E-state index in [9.17, 15) is 9.90 Å². The Balaban J connectivity index is 1.89. The standard InChI is InChI=1S/C21H17ClN2O2/c22-17-7-5-6-16(14-17)11-12-21(26)24(15-18-8-3-4-13-23-18)19-9-1-2-10-20(19)25/h1-14,25H,15H2/b12-11+. The highest BCUT2D eigenvalue weighted by Gasteiger charge is 2.17. The number of amides is 1. The molecule has 2 aromatic carbocycles. The van der Waals surface area contributed by atoms with Crippen molar-refractivity contribution in [2.24, 2.45) is 0 Å². The van der Waals surface area contributed by atoms with E-state index in [2.05, 4.69) is 4.98 Å². The molecule has 0 spiro atoms. The van der Waals surface area contributed by atoms with Crippen molar-refractivity contribution in [3.63, 3.8) is 0 Å². The highest BCUT2D eigenvalue weighted by Crippen LogP contribution is 2.28. The van der Waals surface area contributed by atoms with E-state index in [-0.39, 0.29) is 18.2 Å². The van der Waals surface area contributed by atoms with E-state index < -0.39 is 0 Å². The molecule has 130 valence electrons. The maximum absolute atomic E-state index is 12.8. The molecular formula is C21H17ClN2O2. The van der Waals surface area contributed by atoms with Gasteiger partial charge in [0.05, 0.1) is 17.9 Å². The first kappa shape index (κ1) is 17.7. The molecule has 0 saturated carbocycles. The summed E-state index contributed by atoms with van der Waals surface area (Å²) in [4.78, 5) is 18.6. The van der Waals surface area contributed by atoms with Crippen LogP contribution in [0.4, 0.5) is 5.69 Å². The van der Waals surface area contributed by atoms with Gasteiger partial charge >= 0.3 is 0 Å². The summed E-state index contributed by atoms with van der Waals surface area (Å²) in [5.41, 5.74) is 1.97. The lowest BCUT2D eigenvalue weighted by atomic mass is 10.2. The maximum Gasteiger partial charge on any atom is 0.251 e. The van der Waals surface area contributed by atoms with Gasteiger partial charge in [-0.2, -0.15) is 0 Å². The van der Waals surface area contributed by atoms with Crippen LogP contribution in [-0.2, 0) is 11.3 Å². The van der Waals surface area contributed by atoms with Crippen LogP contribution in [0.2, 0.25) is 5.02 Å². The molecular weight excluding hydrogens is 348 g/mol. The number of hydrogen-bond donors (Lipinski definition) is 1. The number of carbonyl (C=O) groups excluding carboxylic acids is 1. The van der Waals surface area contributed by atoms with Crippen LogP contribution in [0.5, 0.6) is 5.75 Å². The molecule has 26 heavy (non-hydrogen) atoms. The van der Waals surface area contributed by atoms with Gasteiger partial charge in [0.2, 0.25) is 0 Å². The Kier molecular flexibility index (Phi) is 5.66. The van der Waals surface area contributed by atoms with Gasteiger partial charge in [0.1, 0.15) is 5.75 Å². The van der Waals surface area contributed by atoms with Crippen molar-refractivity contribution in [3.8, 4) is 5.75 Å².